The molecule has 2 atom stereocenters. The molecule has 0 fully saturated rings. The summed E-state index contributed by atoms with van der Waals surface area (Å²) in [5.41, 5.74) is -1.72. The van der Waals surface area contributed by atoms with Crippen molar-refractivity contribution in [2.24, 2.45) is 0 Å². The number of nitrogens with one attached hydrogen (secondary N) is 3. The number of H-pyrrole nitrogens is 1. The normalized spacial score (nSPS) is 13.6. The molecule has 0 radical (unpaired) electrons. The van der Waals surface area contributed by atoms with E-state index in [1.54, 1.807) is 6.07 Å². The summed E-state index contributed by atoms with van der Waals surface area (Å²) in [7, 11) is 0. The minimum absolute atomic E-state index is 0.0171. The van der Waals surface area contributed by atoms with Crippen molar-refractivity contribution in [2.75, 3.05) is 5.32 Å². The molecule has 2 amide bonds. The van der Waals surface area contributed by atoms with E-state index in [9.17, 15) is 35.9 Å². The van der Waals surface area contributed by atoms with Gasteiger partial charge in [-0.1, -0.05) is 37.3 Å². The van der Waals surface area contributed by atoms with Gasteiger partial charge in [-0.15, -0.1) is 0 Å². The maximum atomic E-state index is 13.0. The molecule has 1 heterocycles. The minimum Gasteiger partial charge on any atom is -0.344 e. The van der Waals surface area contributed by atoms with E-state index >= 15 is 0 Å². The van der Waals surface area contributed by atoms with Gasteiger partial charge in [0.2, 0.25) is 11.8 Å². The van der Waals surface area contributed by atoms with E-state index in [1.165, 1.54) is 6.92 Å². The second-order valence-electron chi connectivity index (χ2n) is 8.66. The number of hydrogen-bond acceptors (Lipinski definition) is 3. The lowest BCUT2D eigenvalue weighted by molar-refractivity contribution is -0.143. The molecule has 3 N–H and O–H groups in total. The van der Waals surface area contributed by atoms with Crippen LogP contribution in [-0.2, 0) is 34.8 Å². The average molecular weight is 526 g/mol. The third-order valence-electron chi connectivity index (χ3n) is 5.56. The van der Waals surface area contributed by atoms with Gasteiger partial charge >= 0.3 is 12.4 Å². The van der Waals surface area contributed by atoms with Crippen LogP contribution in [0.3, 0.4) is 0 Å². The molecule has 0 spiro atoms. The molecule has 12 heteroatoms. The highest BCUT2D eigenvalue weighted by molar-refractivity contribution is 5.96. The summed E-state index contributed by atoms with van der Waals surface area (Å²) in [5, 5.41) is 11.6. The molecular formula is C25H24F6N4O2. The molecule has 0 aliphatic rings. The maximum Gasteiger partial charge on any atom is 0.416 e. The third kappa shape index (κ3) is 7.83. The number of carbonyl (C=O) groups excluding carboxylic acids is 2. The largest absolute Gasteiger partial charge is 0.416 e. The van der Waals surface area contributed by atoms with Crippen LogP contribution in [0.2, 0.25) is 0 Å². The number of halogens is 6. The molecule has 0 saturated carbocycles. The fourth-order valence-electron chi connectivity index (χ4n) is 3.65. The summed E-state index contributed by atoms with van der Waals surface area (Å²) in [5.74, 6) is -1.13. The molecule has 0 bridgehead atoms. The Hall–Kier alpha value is -3.83. The summed E-state index contributed by atoms with van der Waals surface area (Å²) < 4.78 is 78.2. The Morgan fingerprint density at radius 3 is 2.08 bits per heavy atom. The highest BCUT2D eigenvalue weighted by Gasteiger charge is 2.37. The van der Waals surface area contributed by atoms with Crippen LogP contribution in [0.25, 0.3) is 0 Å². The van der Waals surface area contributed by atoms with E-state index < -0.39 is 53.3 Å². The van der Waals surface area contributed by atoms with E-state index in [4.69, 9.17) is 0 Å². The summed E-state index contributed by atoms with van der Waals surface area (Å²) >= 11 is 0. The zero-order valence-corrected chi connectivity index (χ0v) is 19.8. The van der Waals surface area contributed by atoms with Crippen LogP contribution >= 0.6 is 0 Å². The fourth-order valence-corrected chi connectivity index (χ4v) is 3.65. The van der Waals surface area contributed by atoms with Crippen molar-refractivity contribution < 1.29 is 35.9 Å². The zero-order chi connectivity index (χ0) is 27.4. The van der Waals surface area contributed by atoms with Gasteiger partial charge in [-0.05, 0) is 48.6 Å². The lowest BCUT2D eigenvalue weighted by atomic mass is 9.96. The van der Waals surface area contributed by atoms with Gasteiger partial charge < -0.3 is 10.6 Å². The lowest BCUT2D eigenvalue weighted by Crippen LogP contribution is -2.42. The van der Waals surface area contributed by atoms with Gasteiger partial charge in [-0.3, -0.25) is 14.7 Å². The molecule has 3 rings (SSSR count). The van der Waals surface area contributed by atoms with Crippen LogP contribution in [0.15, 0.2) is 54.6 Å². The van der Waals surface area contributed by atoms with Gasteiger partial charge in [0.25, 0.3) is 0 Å². The Balaban J connectivity index is 1.59. The molecule has 2 aromatic carbocycles. The Bertz CT molecular complexity index is 1210. The summed E-state index contributed by atoms with van der Waals surface area (Å²) in [6.07, 6.45) is -10.2. The maximum absolute atomic E-state index is 13.0. The van der Waals surface area contributed by atoms with E-state index in [2.05, 4.69) is 20.8 Å². The summed E-state index contributed by atoms with van der Waals surface area (Å²) in [4.78, 5) is 24.7. The smallest absolute Gasteiger partial charge is 0.344 e. The molecule has 198 valence electrons. The zero-order valence-electron chi connectivity index (χ0n) is 19.8. The number of hydrogen-bond donors (Lipinski definition) is 3. The van der Waals surface area contributed by atoms with Crippen molar-refractivity contribution in [1.82, 2.24) is 15.5 Å². The first-order valence-electron chi connectivity index (χ1n) is 11.2. The number of nitrogens with zero attached hydrogens (tertiary/aromatic N) is 1. The van der Waals surface area contributed by atoms with Crippen LogP contribution in [0.4, 0.5) is 32.2 Å². The molecule has 2 unspecified atom stereocenters. The van der Waals surface area contributed by atoms with Gasteiger partial charge in [-0.2, -0.15) is 31.4 Å². The molecule has 0 saturated heterocycles. The van der Waals surface area contributed by atoms with Gasteiger partial charge in [-0.25, -0.2) is 0 Å². The molecule has 3 aromatic rings. The van der Waals surface area contributed by atoms with E-state index in [-0.39, 0.29) is 17.8 Å². The van der Waals surface area contributed by atoms with E-state index in [0.717, 1.165) is 5.56 Å². The number of carbonyl (C=O) groups is 2. The predicted molar refractivity (Wildman–Crippen MR) is 124 cm³/mol. The Morgan fingerprint density at radius 2 is 1.51 bits per heavy atom. The second-order valence-corrected chi connectivity index (χ2v) is 8.66. The first-order valence-corrected chi connectivity index (χ1v) is 11.2. The molecular weight excluding hydrogens is 502 g/mol. The molecule has 6 nitrogen and oxygen atoms in total. The average Bonchev–Trinajstić information content (AvgIpc) is 3.24. The lowest BCUT2D eigenvalue weighted by Gasteiger charge is -2.16. The summed E-state index contributed by atoms with van der Waals surface area (Å²) in [6, 6.07) is 11.2. The second kappa shape index (κ2) is 11.1. The van der Waals surface area contributed by atoms with Crippen molar-refractivity contribution in [2.45, 2.75) is 51.0 Å². The third-order valence-corrected chi connectivity index (χ3v) is 5.56. The SMILES string of the molecule is CC(NC(=O)Cc1cc(C(F)(F)F)cc(C(F)(F)F)c1)C(=O)Nc1cc(CC(C)c2ccccc2)n[nH]1. The number of aromatic nitrogens is 2. The van der Waals surface area contributed by atoms with Crippen LogP contribution in [0.5, 0.6) is 0 Å². The van der Waals surface area contributed by atoms with E-state index in [0.29, 0.717) is 24.2 Å². The van der Waals surface area contributed by atoms with Gasteiger partial charge in [0.05, 0.1) is 23.2 Å². The number of rotatable bonds is 8. The monoisotopic (exact) mass is 526 g/mol. The van der Waals surface area contributed by atoms with Crippen molar-refractivity contribution in [3.05, 3.63) is 82.5 Å². The van der Waals surface area contributed by atoms with Gasteiger partial charge in [0, 0.05) is 6.07 Å². The summed E-state index contributed by atoms with van der Waals surface area (Å²) in [6.45, 7) is 3.36. The highest BCUT2D eigenvalue weighted by atomic mass is 19.4. The van der Waals surface area contributed by atoms with Gasteiger partial charge in [0.15, 0.2) is 0 Å². The van der Waals surface area contributed by atoms with Crippen molar-refractivity contribution in [3.63, 3.8) is 0 Å². The first-order chi connectivity index (χ1) is 17.2. The molecule has 0 aliphatic heterocycles. The highest BCUT2D eigenvalue weighted by Crippen LogP contribution is 2.36. The van der Waals surface area contributed by atoms with Crippen molar-refractivity contribution in [3.8, 4) is 0 Å². The molecule has 0 aliphatic carbocycles. The topological polar surface area (TPSA) is 86.9 Å². The number of benzene rings is 2. The van der Waals surface area contributed by atoms with Crippen LogP contribution in [0, 0.1) is 0 Å². The fraction of sp³-hybridized carbons (Fsp3) is 0.320. The predicted octanol–water partition coefficient (Wildman–Crippen LogP) is 5.48. The number of aromatic amines is 1. The van der Waals surface area contributed by atoms with Crippen LogP contribution in [0.1, 0.15) is 47.7 Å². The number of alkyl halides is 6. The number of amides is 2. The first kappa shape index (κ1) is 27.8. The minimum atomic E-state index is -5.03. The quantitative estimate of drug-likeness (QED) is 0.340. The van der Waals surface area contributed by atoms with E-state index in [1.807, 2.05) is 37.3 Å². The van der Waals surface area contributed by atoms with Gasteiger partial charge in [0.1, 0.15) is 11.9 Å². The Morgan fingerprint density at radius 1 is 0.919 bits per heavy atom. The Labute approximate surface area is 208 Å². The standard InChI is InChI=1S/C25H24F6N4O2/c1-14(17-6-4-3-5-7-17)8-20-13-21(35-34-20)33-23(37)15(2)32-22(36)11-16-9-18(24(26,27)28)12-19(10-16)25(29,30)31/h3-7,9-10,12-15H,8,11H2,1-2H3,(H,32,36)(H2,33,34,35,37). The van der Waals surface area contributed by atoms with Crippen molar-refractivity contribution >= 4 is 17.6 Å². The van der Waals surface area contributed by atoms with Crippen LogP contribution < -0.4 is 10.6 Å². The Kier molecular flexibility index (Phi) is 8.29. The molecule has 37 heavy (non-hydrogen) atoms. The van der Waals surface area contributed by atoms with Crippen molar-refractivity contribution in [1.29, 1.82) is 0 Å². The number of anilines is 1. The molecule has 1 aromatic heterocycles. The van der Waals surface area contributed by atoms with Crippen LogP contribution in [-0.4, -0.2) is 28.1 Å².